The quantitative estimate of drug-likeness (QED) is 0.470. The first kappa shape index (κ1) is 14.8. The fourth-order valence-electron chi connectivity index (χ4n) is 2.06. The van der Waals surface area contributed by atoms with Crippen LogP contribution in [0.5, 0.6) is 0 Å². The van der Waals surface area contributed by atoms with Crippen molar-refractivity contribution < 1.29 is 9.21 Å². The van der Waals surface area contributed by atoms with E-state index in [1.807, 2.05) is 30.3 Å². The fraction of sp³-hybridized carbons (Fsp3) is 0.222. The van der Waals surface area contributed by atoms with Gasteiger partial charge in [0, 0.05) is 0 Å². The maximum Gasteiger partial charge on any atom is 0.207 e. The van der Waals surface area contributed by atoms with Crippen molar-refractivity contribution in [1.82, 2.24) is 0 Å². The van der Waals surface area contributed by atoms with Crippen molar-refractivity contribution in [2.45, 2.75) is 26.7 Å². The molecule has 0 saturated carbocycles. The van der Waals surface area contributed by atoms with E-state index in [1.165, 1.54) is 11.8 Å². The van der Waals surface area contributed by atoms with Crippen LogP contribution in [0.1, 0.15) is 47.0 Å². The van der Waals surface area contributed by atoms with E-state index in [-0.39, 0.29) is 11.4 Å². The van der Waals surface area contributed by atoms with Crippen molar-refractivity contribution in [3.63, 3.8) is 0 Å². The van der Waals surface area contributed by atoms with Gasteiger partial charge in [0.1, 0.15) is 17.4 Å². The lowest BCUT2D eigenvalue weighted by Gasteiger charge is -2.05. The molecule has 2 aromatic rings. The minimum absolute atomic E-state index is 0.108. The Morgan fingerprint density at radius 1 is 1.24 bits per heavy atom. The summed E-state index contributed by atoms with van der Waals surface area (Å²) in [5.74, 6) is 0.668. The summed E-state index contributed by atoms with van der Waals surface area (Å²) in [6.45, 7) is 5.95. The van der Waals surface area contributed by atoms with Gasteiger partial charge in [-0.1, -0.05) is 38.1 Å². The van der Waals surface area contributed by atoms with Gasteiger partial charge in [0.05, 0.1) is 11.8 Å². The minimum Gasteiger partial charge on any atom is -0.469 e. The summed E-state index contributed by atoms with van der Waals surface area (Å²) >= 11 is 0. The Morgan fingerprint density at radius 2 is 1.90 bits per heavy atom. The average Bonchev–Trinajstić information content (AvgIpc) is 2.90. The Bertz CT molecular complexity index is 712. The van der Waals surface area contributed by atoms with Crippen molar-refractivity contribution in [2.24, 2.45) is 0 Å². The van der Waals surface area contributed by atoms with Crippen LogP contribution in [0.25, 0.3) is 6.08 Å². The molecule has 0 radical (unpaired) electrons. The molecular formula is C18H17NO2. The number of rotatable bonds is 4. The molecule has 0 aliphatic heterocycles. The highest BCUT2D eigenvalue weighted by atomic mass is 16.3. The van der Waals surface area contributed by atoms with E-state index < -0.39 is 0 Å². The zero-order chi connectivity index (χ0) is 15.4. The third-order valence-corrected chi connectivity index (χ3v) is 3.38. The number of furan rings is 1. The van der Waals surface area contributed by atoms with Gasteiger partial charge in [-0.15, -0.1) is 0 Å². The number of nitrogens with zero attached hydrogens (tertiary/aromatic N) is 1. The van der Waals surface area contributed by atoms with Gasteiger partial charge in [-0.05, 0) is 36.1 Å². The van der Waals surface area contributed by atoms with Crippen LogP contribution in [-0.4, -0.2) is 5.78 Å². The molecule has 1 aromatic carbocycles. The number of aryl methyl sites for hydroxylation is 1. The van der Waals surface area contributed by atoms with Gasteiger partial charge in [-0.25, -0.2) is 0 Å². The lowest BCUT2D eigenvalue weighted by molar-refractivity contribution is 0.103. The zero-order valence-electron chi connectivity index (χ0n) is 12.4. The molecule has 0 saturated heterocycles. The minimum atomic E-state index is -0.309. The predicted molar refractivity (Wildman–Crippen MR) is 81.9 cm³/mol. The number of Topliss-reactive ketones (excluding diaryl/α,β-unsaturated/α-hetero) is 1. The fourth-order valence-corrected chi connectivity index (χ4v) is 2.06. The molecule has 0 spiro atoms. The van der Waals surface area contributed by atoms with E-state index in [9.17, 15) is 10.1 Å². The third kappa shape index (κ3) is 3.29. The molecule has 3 heteroatoms. The van der Waals surface area contributed by atoms with E-state index >= 15 is 0 Å². The molecule has 0 bridgehead atoms. The monoisotopic (exact) mass is 279 g/mol. The summed E-state index contributed by atoms with van der Waals surface area (Å²) in [5, 5.41) is 9.22. The molecule has 106 valence electrons. The molecule has 0 amide bonds. The molecule has 1 heterocycles. The van der Waals surface area contributed by atoms with E-state index in [2.05, 4.69) is 13.8 Å². The van der Waals surface area contributed by atoms with E-state index in [0.29, 0.717) is 17.2 Å². The van der Waals surface area contributed by atoms with Crippen LogP contribution in [0.3, 0.4) is 0 Å². The highest BCUT2D eigenvalue weighted by Crippen LogP contribution is 2.19. The first-order chi connectivity index (χ1) is 10.0. The predicted octanol–water partition coefficient (Wildman–Crippen LogP) is 4.50. The molecule has 0 fully saturated rings. The molecular weight excluding hydrogens is 262 g/mol. The van der Waals surface area contributed by atoms with Crippen LogP contribution in [0.15, 0.2) is 46.6 Å². The Morgan fingerprint density at radius 3 is 2.38 bits per heavy atom. The van der Waals surface area contributed by atoms with Gasteiger partial charge in [0.15, 0.2) is 0 Å². The maximum absolute atomic E-state index is 12.3. The topological polar surface area (TPSA) is 54.0 Å². The summed E-state index contributed by atoms with van der Waals surface area (Å²) in [4.78, 5) is 12.3. The highest BCUT2D eigenvalue weighted by Gasteiger charge is 2.16. The second-order valence-electron chi connectivity index (χ2n) is 5.21. The van der Waals surface area contributed by atoms with Crippen LogP contribution in [0.4, 0.5) is 0 Å². The SMILES string of the molecule is Cc1occc1C(=O)/C(C#N)=C/c1ccc(C(C)C)cc1. The molecule has 0 atom stereocenters. The summed E-state index contributed by atoms with van der Waals surface area (Å²) < 4.78 is 5.12. The van der Waals surface area contributed by atoms with Crippen LogP contribution in [0.2, 0.25) is 0 Å². The summed E-state index contributed by atoms with van der Waals surface area (Å²) in [5.41, 5.74) is 2.60. The van der Waals surface area contributed by atoms with Crippen molar-refractivity contribution in [3.05, 3.63) is 64.6 Å². The third-order valence-electron chi connectivity index (χ3n) is 3.38. The standard InChI is InChI=1S/C18H17NO2/c1-12(2)15-6-4-14(5-7-15)10-16(11-19)18(20)17-8-9-21-13(17)3/h4-10,12H,1-3H3/b16-10+. The Labute approximate surface area is 124 Å². The van der Waals surface area contributed by atoms with E-state index in [0.717, 1.165) is 5.56 Å². The largest absolute Gasteiger partial charge is 0.469 e. The zero-order valence-corrected chi connectivity index (χ0v) is 12.4. The summed E-state index contributed by atoms with van der Waals surface area (Å²) in [6, 6.07) is 11.4. The molecule has 0 aliphatic carbocycles. The van der Waals surface area contributed by atoms with Crippen LogP contribution >= 0.6 is 0 Å². The molecule has 0 aliphatic rings. The van der Waals surface area contributed by atoms with Gasteiger partial charge in [0.2, 0.25) is 5.78 Å². The Kier molecular flexibility index (Phi) is 4.39. The lowest BCUT2D eigenvalue weighted by Crippen LogP contribution is -2.02. The van der Waals surface area contributed by atoms with Crippen LogP contribution < -0.4 is 0 Å². The average molecular weight is 279 g/mol. The summed E-state index contributed by atoms with van der Waals surface area (Å²) in [7, 11) is 0. The smallest absolute Gasteiger partial charge is 0.207 e. The molecule has 3 nitrogen and oxygen atoms in total. The number of carbonyl (C=O) groups excluding carboxylic acids is 1. The van der Waals surface area contributed by atoms with Gasteiger partial charge < -0.3 is 4.42 Å². The highest BCUT2D eigenvalue weighted by molar-refractivity contribution is 6.14. The lowest BCUT2D eigenvalue weighted by atomic mass is 9.99. The number of nitriles is 1. The van der Waals surface area contributed by atoms with Gasteiger partial charge in [-0.2, -0.15) is 5.26 Å². The Hall–Kier alpha value is -2.60. The molecule has 1 aromatic heterocycles. The second kappa shape index (κ2) is 6.23. The summed E-state index contributed by atoms with van der Waals surface area (Å²) in [6.07, 6.45) is 3.06. The number of allylic oxidation sites excluding steroid dienone is 1. The van der Waals surface area contributed by atoms with E-state index in [1.54, 1.807) is 19.1 Å². The van der Waals surface area contributed by atoms with Crippen LogP contribution in [-0.2, 0) is 0 Å². The van der Waals surface area contributed by atoms with Crippen molar-refractivity contribution in [2.75, 3.05) is 0 Å². The molecule has 2 rings (SSSR count). The first-order valence-electron chi connectivity index (χ1n) is 6.83. The van der Waals surface area contributed by atoms with Gasteiger partial charge in [-0.3, -0.25) is 4.79 Å². The van der Waals surface area contributed by atoms with Gasteiger partial charge in [0.25, 0.3) is 0 Å². The number of hydrogen-bond donors (Lipinski definition) is 0. The van der Waals surface area contributed by atoms with Gasteiger partial charge >= 0.3 is 0 Å². The second-order valence-corrected chi connectivity index (χ2v) is 5.21. The number of benzene rings is 1. The van der Waals surface area contributed by atoms with E-state index in [4.69, 9.17) is 4.42 Å². The number of carbonyl (C=O) groups is 1. The maximum atomic E-state index is 12.3. The first-order valence-corrected chi connectivity index (χ1v) is 6.83. The normalized spacial score (nSPS) is 11.5. The molecule has 21 heavy (non-hydrogen) atoms. The Balaban J connectivity index is 2.31. The van der Waals surface area contributed by atoms with Crippen molar-refractivity contribution in [3.8, 4) is 6.07 Å². The van der Waals surface area contributed by atoms with Crippen LogP contribution in [0, 0.1) is 18.3 Å². The number of hydrogen-bond acceptors (Lipinski definition) is 3. The molecule has 0 N–H and O–H groups in total. The van der Waals surface area contributed by atoms with Crippen molar-refractivity contribution in [1.29, 1.82) is 5.26 Å². The number of ketones is 1. The molecule has 0 unspecified atom stereocenters. The van der Waals surface area contributed by atoms with Crippen molar-refractivity contribution >= 4 is 11.9 Å².